The Bertz CT molecular complexity index is 894. The second kappa shape index (κ2) is 8.02. The summed E-state index contributed by atoms with van der Waals surface area (Å²) in [5, 5.41) is 15.5. The highest BCUT2D eigenvalue weighted by atomic mass is 32.2. The van der Waals surface area contributed by atoms with Gasteiger partial charge in [-0.3, -0.25) is 14.4 Å². The fraction of sp³-hybridized carbons (Fsp3) is 0.591. The van der Waals surface area contributed by atoms with E-state index >= 15 is 0 Å². The van der Waals surface area contributed by atoms with Crippen molar-refractivity contribution in [3.63, 3.8) is 0 Å². The van der Waals surface area contributed by atoms with E-state index in [-0.39, 0.29) is 35.5 Å². The predicted octanol–water partition coefficient (Wildman–Crippen LogP) is 1.10. The molecule has 3 fully saturated rings. The first-order valence-corrected chi connectivity index (χ1v) is 11.4. The average Bonchev–Trinajstić information content (AvgIpc) is 3.36. The summed E-state index contributed by atoms with van der Waals surface area (Å²) in [6.07, 6.45) is 0.778. The van der Waals surface area contributed by atoms with Gasteiger partial charge in [-0.05, 0) is 43.5 Å². The van der Waals surface area contributed by atoms with Gasteiger partial charge in [-0.15, -0.1) is 11.8 Å². The Labute approximate surface area is 186 Å². The number of rotatable bonds is 6. The van der Waals surface area contributed by atoms with E-state index in [0.717, 1.165) is 6.42 Å². The van der Waals surface area contributed by atoms with E-state index in [1.54, 1.807) is 57.1 Å². The van der Waals surface area contributed by atoms with E-state index < -0.39 is 28.7 Å². The number of thioether (sulfide) groups is 1. The van der Waals surface area contributed by atoms with Gasteiger partial charge >= 0.3 is 0 Å². The lowest BCUT2D eigenvalue weighted by Gasteiger charge is -2.39. The van der Waals surface area contributed by atoms with Crippen LogP contribution in [0.2, 0.25) is 0 Å². The average molecular weight is 448 g/mol. The zero-order chi connectivity index (χ0) is 22.5. The standard InChI is InChI=1S/C22H29N3O5S/c1-11-9-15-16(19(27)23-3)17-21(29)25(12(2)10-26)18(22(11,17)31-15)20(28)24-13-5-7-14(30-4)8-6-13/h5-8,11-12,15-18,26H,9-10H2,1-4H3,(H,23,27)(H,24,28)/t11?,12-,15+,16-,17+,18?,22?/m1/s1. The Balaban J connectivity index is 1.73. The molecule has 1 aromatic carbocycles. The van der Waals surface area contributed by atoms with E-state index in [1.165, 1.54) is 4.90 Å². The van der Waals surface area contributed by atoms with Crippen molar-refractivity contribution < 1.29 is 24.2 Å². The Kier molecular flexibility index (Phi) is 5.68. The number of aliphatic hydroxyl groups is 1. The van der Waals surface area contributed by atoms with Crippen LogP contribution in [0.5, 0.6) is 5.75 Å². The van der Waals surface area contributed by atoms with Crippen LogP contribution in [0.15, 0.2) is 24.3 Å². The molecule has 0 radical (unpaired) electrons. The molecular weight excluding hydrogens is 418 g/mol. The van der Waals surface area contributed by atoms with Gasteiger partial charge in [0.1, 0.15) is 11.8 Å². The third-order valence-electron chi connectivity index (χ3n) is 7.08. The van der Waals surface area contributed by atoms with Crippen LogP contribution in [-0.4, -0.2) is 70.6 Å². The second-order valence-corrected chi connectivity index (χ2v) is 10.2. The molecule has 3 aliphatic rings. The number of likely N-dealkylation sites (tertiary alicyclic amines) is 1. The molecule has 1 aromatic rings. The lowest BCUT2D eigenvalue weighted by molar-refractivity contribution is -0.141. The van der Waals surface area contributed by atoms with Gasteiger partial charge in [-0.25, -0.2) is 0 Å². The maximum atomic E-state index is 13.6. The van der Waals surface area contributed by atoms with E-state index in [4.69, 9.17) is 4.74 Å². The first-order chi connectivity index (χ1) is 14.8. The van der Waals surface area contributed by atoms with Crippen LogP contribution in [0.25, 0.3) is 0 Å². The minimum atomic E-state index is -0.770. The fourth-order valence-electron chi connectivity index (χ4n) is 5.67. The molecule has 3 unspecified atom stereocenters. The highest BCUT2D eigenvalue weighted by molar-refractivity contribution is 8.02. The third-order valence-corrected chi connectivity index (χ3v) is 9.15. The number of ether oxygens (including phenoxy) is 1. The molecular formula is C22H29N3O5S. The number of methoxy groups -OCH3 is 1. The Hall–Kier alpha value is -2.26. The van der Waals surface area contributed by atoms with Crippen LogP contribution in [0.4, 0.5) is 5.69 Å². The molecule has 2 bridgehead atoms. The Morgan fingerprint density at radius 3 is 2.58 bits per heavy atom. The van der Waals surface area contributed by atoms with Gasteiger partial charge in [0.2, 0.25) is 17.7 Å². The summed E-state index contributed by atoms with van der Waals surface area (Å²) in [6, 6.07) is 5.71. The number of nitrogens with one attached hydrogen (secondary N) is 2. The van der Waals surface area contributed by atoms with Crippen LogP contribution >= 0.6 is 11.8 Å². The van der Waals surface area contributed by atoms with Crippen molar-refractivity contribution in [3.8, 4) is 5.75 Å². The molecule has 8 nitrogen and oxygen atoms in total. The summed E-state index contributed by atoms with van der Waals surface area (Å²) in [5.74, 6) is -0.948. The monoisotopic (exact) mass is 447 g/mol. The Morgan fingerprint density at radius 2 is 2.00 bits per heavy atom. The number of amides is 3. The van der Waals surface area contributed by atoms with Gasteiger partial charge in [0.05, 0.1) is 36.3 Å². The molecule has 4 rings (SSSR count). The van der Waals surface area contributed by atoms with Gasteiger partial charge in [0.25, 0.3) is 0 Å². The van der Waals surface area contributed by atoms with Crippen LogP contribution in [-0.2, 0) is 14.4 Å². The van der Waals surface area contributed by atoms with Crippen molar-refractivity contribution in [3.05, 3.63) is 24.3 Å². The molecule has 0 saturated carbocycles. The van der Waals surface area contributed by atoms with E-state index in [0.29, 0.717) is 11.4 Å². The Morgan fingerprint density at radius 1 is 1.32 bits per heavy atom. The molecule has 3 saturated heterocycles. The van der Waals surface area contributed by atoms with Crippen molar-refractivity contribution in [1.29, 1.82) is 0 Å². The van der Waals surface area contributed by atoms with Crippen molar-refractivity contribution in [2.45, 2.75) is 42.3 Å². The molecule has 0 aromatic heterocycles. The lowest BCUT2D eigenvalue weighted by atomic mass is 9.66. The zero-order valence-electron chi connectivity index (χ0n) is 18.1. The first-order valence-electron chi connectivity index (χ1n) is 10.6. The normalized spacial score (nSPS) is 34.4. The number of benzene rings is 1. The third kappa shape index (κ3) is 3.12. The quantitative estimate of drug-likeness (QED) is 0.603. The SMILES string of the molecule is CNC(=O)[C@@H]1[C@@H]2CC(C)C3(S2)C(C(=O)Nc2ccc(OC)cc2)N([C@H](C)CO)C(=O)[C@H]13. The van der Waals surface area contributed by atoms with E-state index in [1.807, 2.05) is 0 Å². The minimum absolute atomic E-state index is 0.00627. The topological polar surface area (TPSA) is 108 Å². The van der Waals surface area contributed by atoms with Crippen molar-refractivity contribution in [2.24, 2.45) is 17.8 Å². The van der Waals surface area contributed by atoms with E-state index in [9.17, 15) is 19.5 Å². The van der Waals surface area contributed by atoms with Gasteiger partial charge in [-0.2, -0.15) is 0 Å². The molecule has 3 aliphatic heterocycles. The van der Waals surface area contributed by atoms with E-state index in [2.05, 4.69) is 17.6 Å². The molecule has 168 valence electrons. The number of aliphatic hydroxyl groups excluding tert-OH is 1. The molecule has 9 heteroatoms. The van der Waals surface area contributed by atoms with Gasteiger partial charge < -0.3 is 25.4 Å². The predicted molar refractivity (Wildman–Crippen MR) is 118 cm³/mol. The summed E-state index contributed by atoms with van der Waals surface area (Å²) in [7, 11) is 3.15. The molecule has 31 heavy (non-hydrogen) atoms. The number of nitrogens with zero attached hydrogens (tertiary/aromatic N) is 1. The summed E-state index contributed by atoms with van der Waals surface area (Å²) in [6.45, 7) is 3.54. The number of carbonyl (C=O) groups excluding carboxylic acids is 3. The van der Waals surface area contributed by atoms with Crippen molar-refractivity contribution in [2.75, 3.05) is 26.1 Å². The molecule has 3 N–H and O–H groups in total. The van der Waals surface area contributed by atoms with Gasteiger partial charge in [0.15, 0.2) is 0 Å². The largest absolute Gasteiger partial charge is 0.497 e. The zero-order valence-corrected chi connectivity index (χ0v) is 18.9. The fourth-order valence-corrected chi connectivity index (χ4v) is 8.08. The van der Waals surface area contributed by atoms with Crippen LogP contribution in [0.3, 0.4) is 0 Å². The maximum absolute atomic E-state index is 13.6. The molecule has 1 spiro atoms. The number of carbonyl (C=O) groups is 3. The van der Waals surface area contributed by atoms with Crippen LogP contribution in [0, 0.1) is 17.8 Å². The first kappa shape index (κ1) is 22.0. The molecule has 7 atom stereocenters. The van der Waals surface area contributed by atoms with Crippen molar-refractivity contribution in [1.82, 2.24) is 10.2 Å². The summed E-state index contributed by atoms with van der Waals surface area (Å²) in [5.41, 5.74) is 0.600. The smallest absolute Gasteiger partial charge is 0.248 e. The van der Waals surface area contributed by atoms with Crippen LogP contribution in [0.1, 0.15) is 20.3 Å². The minimum Gasteiger partial charge on any atom is -0.497 e. The molecule has 3 heterocycles. The highest BCUT2D eigenvalue weighted by Crippen LogP contribution is 2.68. The maximum Gasteiger partial charge on any atom is 0.248 e. The molecule has 3 amide bonds. The highest BCUT2D eigenvalue weighted by Gasteiger charge is 2.76. The van der Waals surface area contributed by atoms with Gasteiger partial charge in [0, 0.05) is 18.0 Å². The lowest BCUT2D eigenvalue weighted by Crippen LogP contribution is -2.56. The summed E-state index contributed by atoms with van der Waals surface area (Å²) < 4.78 is 4.48. The molecule has 0 aliphatic carbocycles. The second-order valence-electron chi connectivity index (χ2n) is 8.66. The summed E-state index contributed by atoms with van der Waals surface area (Å²) in [4.78, 5) is 41.5. The summed E-state index contributed by atoms with van der Waals surface area (Å²) >= 11 is 1.61. The van der Waals surface area contributed by atoms with Gasteiger partial charge in [-0.1, -0.05) is 6.92 Å². The number of anilines is 1. The van der Waals surface area contributed by atoms with Crippen molar-refractivity contribution >= 4 is 35.2 Å². The number of hydrogen-bond donors (Lipinski definition) is 3. The number of fused-ring (bicyclic) bond motifs is 1. The van der Waals surface area contributed by atoms with Crippen LogP contribution < -0.4 is 15.4 Å². The number of hydrogen-bond acceptors (Lipinski definition) is 6.